The first-order valence-electron chi connectivity index (χ1n) is 9.36. The standard InChI is InChI=1S/C16H26N4O3S.C2HF3O2/c1-12(2)11-18-16(21)13-4-5-15(20-8-6-17-7-9-20)14(10-13)19-24(3,22)23;3-2(4,5)1(6)7/h4-5,10,12,17,19H,6-9,11H2,1-3H3,(H,18,21);(H,6,7). The number of hydrogen-bond donors (Lipinski definition) is 4. The van der Waals surface area contributed by atoms with Crippen molar-refractivity contribution in [3.63, 3.8) is 0 Å². The molecular formula is C18H27F3N4O5S. The number of piperazine rings is 1. The van der Waals surface area contributed by atoms with Gasteiger partial charge in [-0.1, -0.05) is 13.8 Å². The number of carbonyl (C=O) groups is 2. The monoisotopic (exact) mass is 468 g/mol. The minimum Gasteiger partial charge on any atom is -0.475 e. The van der Waals surface area contributed by atoms with Crippen LogP contribution in [0.1, 0.15) is 24.2 Å². The molecule has 1 aromatic carbocycles. The molecule has 1 heterocycles. The zero-order valence-electron chi connectivity index (χ0n) is 17.4. The van der Waals surface area contributed by atoms with E-state index in [-0.39, 0.29) is 5.91 Å². The van der Waals surface area contributed by atoms with Crippen LogP contribution in [0.5, 0.6) is 0 Å². The summed E-state index contributed by atoms with van der Waals surface area (Å²) in [6.45, 7) is 7.88. The Balaban J connectivity index is 0.000000592. The van der Waals surface area contributed by atoms with Gasteiger partial charge >= 0.3 is 12.1 Å². The van der Waals surface area contributed by atoms with Gasteiger partial charge < -0.3 is 20.6 Å². The predicted octanol–water partition coefficient (Wildman–Crippen LogP) is 1.49. The van der Waals surface area contributed by atoms with Crippen LogP contribution in [-0.4, -0.2) is 70.6 Å². The van der Waals surface area contributed by atoms with Crippen LogP contribution in [0.4, 0.5) is 24.5 Å². The van der Waals surface area contributed by atoms with Gasteiger partial charge in [-0.15, -0.1) is 0 Å². The summed E-state index contributed by atoms with van der Waals surface area (Å²) < 4.78 is 57.7. The van der Waals surface area contributed by atoms with Gasteiger partial charge in [-0.2, -0.15) is 13.2 Å². The van der Waals surface area contributed by atoms with Gasteiger partial charge in [0.05, 0.1) is 17.6 Å². The van der Waals surface area contributed by atoms with Crippen LogP contribution in [0.2, 0.25) is 0 Å². The molecule has 1 aliphatic heterocycles. The molecule has 0 atom stereocenters. The Morgan fingerprint density at radius 2 is 1.77 bits per heavy atom. The van der Waals surface area contributed by atoms with E-state index in [0.717, 1.165) is 38.1 Å². The van der Waals surface area contributed by atoms with Gasteiger partial charge in [0.2, 0.25) is 10.0 Å². The number of anilines is 2. The van der Waals surface area contributed by atoms with E-state index in [1.807, 2.05) is 19.9 Å². The van der Waals surface area contributed by atoms with E-state index in [1.165, 1.54) is 0 Å². The smallest absolute Gasteiger partial charge is 0.475 e. The number of carboxylic acids is 1. The topological polar surface area (TPSA) is 128 Å². The summed E-state index contributed by atoms with van der Waals surface area (Å²) in [5, 5.41) is 13.2. The minimum atomic E-state index is -5.08. The van der Waals surface area contributed by atoms with Gasteiger partial charge in [-0.25, -0.2) is 13.2 Å². The molecule has 1 fully saturated rings. The Hall–Kier alpha value is -2.54. The average molecular weight is 468 g/mol. The van der Waals surface area contributed by atoms with Gasteiger partial charge in [0.25, 0.3) is 5.91 Å². The Kier molecular flexibility index (Phi) is 9.56. The van der Waals surface area contributed by atoms with Crippen molar-refractivity contribution in [2.24, 2.45) is 5.92 Å². The molecule has 1 aromatic rings. The molecule has 0 aromatic heterocycles. The van der Waals surface area contributed by atoms with Crippen molar-refractivity contribution in [2.75, 3.05) is 48.6 Å². The first-order valence-corrected chi connectivity index (χ1v) is 11.3. The second kappa shape index (κ2) is 11.2. The van der Waals surface area contributed by atoms with Crippen LogP contribution in [0.15, 0.2) is 18.2 Å². The fourth-order valence-corrected chi connectivity index (χ4v) is 3.10. The van der Waals surface area contributed by atoms with Crippen LogP contribution in [0.25, 0.3) is 0 Å². The Morgan fingerprint density at radius 3 is 2.23 bits per heavy atom. The molecule has 2 rings (SSSR count). The fourth-order valence-electron chi connectivity index (χ4n) is 2.54. The van der Waals surface area contributed by atoms with Crippen LogP contribution >= 0.6 is 0 Å². The zero-order chi connectivity index (χ0) is 23.8. The quantitative estimate of drug-likeness (QED) is 0.498. The van der Waals surface area contributed by atoms with Crippen molar-refractivity contribution in [1.82, 2.24) is 10.6 Å². The number of sulfonamides is 1. The highest BCUT2D eigenvalue weighted by molar-refractivity contribution is 7.92. The zero-order valence-corrected chi connectivity index (χ0v) is 18.2. The molecule has 0 saturated carbocycles. The van der Waals surface area contributed by atoms with Crippen molar-refractivity contribution in [3.8, 4) is 0 Å². The lowest BCUT2D eigenvalue weighted by atomic mass is 10.1. The highest BCUT2D eigenvalue weighted by Crippen LogP contribution is 2.28. The first-order chi connectivity index (χ1) is 14.2. The van der Waals surface area contributed by atoms with E-state index in [2.05, 4.69) is 20.3 Å². The molecular weight excluding hydrogens is 441 g/mol. The third-order valence-corrected chi connectivity index (χ3v) is 4.52. The number of nitrogens with zero attached hydrogens (tertiary/aromatic N) is 1. The highest BCUT2D eigenvalue weighted by Gasteiger charge is 2.38. The maximum Gasteiger partial charge on any atom is 0.490 e. The van der Waals surface area contributed by atoms with Gasteiger partial charge in [0.1, 0.15) is 0 Å². The first kappa shape index (κ1) is 26.5. The second-order valence-corrected chi connectivity index (χ2v) is 9.00. The third kappa shape index (κ3) is 9.87. The van der Waals surface area contributed by atoms with Crippen LogP contribution in [-0.2, 0) is 14.8 Å². The number of benzene rings is 1. The largest absolute Gasteiger partial charge is 0.490 e. The van der Waals surface area contributed by atoms with Crippen molar-refractivity contribution < 1.29 is 36.3 Å². The molecule has 1 aliphatic rings. The summed E-state index contributed by atoms with van der Waals surface area (Å²) in [4.78, 5) is 23.2. The Labute approximate surface area is 179 Å². The predicted molar refractivity (Wildman–Crippen MR) is 111 cm³/mol. The number of nitrogens with one attached hydrogen (secondary N) is 3. The van der Waals surface area contributed by atoms with Crippen molar-refractivity contribution >= 4 is 33.3 Å². The van der Waals surface area contributed by atoms with Gasteiger partial charge in [0.15, 0.2) is 0 Å². The lowest BCUT2D eigenvalue weighted by molar-refractivity contribution is -0.192. The molecule has 0 bridgehead atoms. The maximum atomic E-state index is 12.2. The summed E-state index contributed by atoms with van der Waals surface area (Å²) in [6.07, 6.45) is -3.97. The number of amides is 1. The Morgan fingerprint density at radius 1 is 1.23 bits per heavy atom. The maximum absolute atomic E-state index is 12.2. The average Bonchev–Trinajstić information content (AvgIpc) is 2.65. The lowest BCUT2D eigenvalue weighted by Gasteiger charge is -2.31. The number of aliphatic carboxylic acids is 1. The van der Waals surface area contributed by atoms with Crippen LogP contribution < -0.4 is 20.3 Å². The Bertz CT molecular complexity index is 869. The third-order valence-electron chi connectivity index (χ3n) is 3.93. The highest BCUT2D eigenvalue weighted by atomic mass is 32.2. The van der Waals surface area contributed by atoms with E-state index in [1.54, 1.807) is 12.1 Å². The molecule has 1 amide bonds. The van der Waals surface area contributed by atoms with E-state index in [0.29, 0.717) is 23.7 Å². The second-order valence-electron chi connectivity index (χ2n) is 7.25. The van der Waals surface area contributed by atoms with Crippen molar-refractivity contribution in [3.05, 3.63) is 23.8 Å². The molecule has 1 saturated heterocycles. The van der Waals surface area contributed by atoms with Crippen LogP contribution in [0.3, 0.4) is 0 Å². The molecule has 176 valence electrons. The molecule has 0 radical (unpaired) electrons. The SMILES string of the molecule is CC(C)CNC(=O)c1ccc(N2CCNCC2)c(NS(C)(=O)=O)c1.O=C(O)C(F)(F)F. The summed E-state index contributed by atoms with van der Waals surface area (Å²) in [6, 6.07) is 5.15. The van der Waals surface area contributed by atoms with E-state index < -0.39 is 22.2 Å². The number of rotatable bonds is 6. The van der Waals surface area contributed by atoms with E-state index in [4.69, 9.17) is 9.90 Å². The van der Waals surface area contributed by atoms with Gasteiger partial charge in [0, 0.05) is 38.3 Å². The minimum absolute atomic E-state index is 0.202. The number of hydrogen-bond acceptors (Lipinski definition) is 6. The fraction of sp³-hybridized carbons (Fsp3) is 0.556. The molecule has 0 aliphatic carbocycles. The summed E-state index contributed by atoms with van der Waals surface area (Å²) >= 11 is 0. The lowest BCUT2D eigenvalue weighted by Crippen LogP contribution is -2.43. The number of alkyl halides is 3. The summed E-state index contributed by atoms with van der Waals surface area (Å²) in [7, 11) is -3.43. The molecule has 4 N–H and O–H groups in total. The molecule has 13 heteroatoms. The van der Waals surface area contributed by atoms with Crippen molar-refractivity contribution in [2.45, 2.75) is 20.0 Å². The molecule has 31 heavy (non-hydrogen) atoms. The summed E-state index contributed by atoms with van der Waals surface area (Å²) in [5.74, 6) is -2.61. The summed E-state index contributed by atoms with van der Waals surface area (Å²) in [5.41, 5.74) is 1.68. The van der Waals surface area contributed by atoms with Gasteiger partial charge in [-0.3, -0.25) is 9.52 Å². The normalized spacial score (nSPS) is 14.5. The number of carboxylic acid groups (broad SMARTS) is 1. The van der Waals surface area contributed by atoms with Gasteiger partial charge in [-0.05, 0) is 24.1 Å². The van der Waals surface area contributed by atoms with Crippen LogP contribution in [0, 0.1) is 5.92 Å². The molecule has 0 unspecified atom stereocenters. The number of halogens is 3. The van der Waals surface area contributed by atoms with Crippen molar-refractivity contribution in [1.29, 1.82) is 0 Å². The number of carbonyl (C=O) groups excluding carboxylic acids is 1. The van der Waals surface area contributed by atoms with E-state index in [9.17, 15) is 26.4 Å². The van der Waals surface area contributed by atoms with E-state index >= 15 is 0 Å². The molecule has 9 nitrogen and oxygen atoms in total. The molecule has 0 spiro atoms.